The summed E-state index contributed by atoms with van der Waals surface area (Å²) in [6.45, 7) is 2.10. The van der Waals surface area contributed by atoms with E-state index in [0.717, 1.165) is 23.4 Å². The molecule has 84 valence electrons. The van der Waals surface area contributed by atoms with E-state index in [9.17, 15) is 4.39 Å². The molecule has 0 saturated heterocycles. The van der Waals surface area contributed by atoms with E-state index in [2.05, 4.69) is 11.9 Å². The van der Waals surface area contributed by atoms with Gasteiger partial charge in [0.1, 0.15) is 16.5 Å². The largest absolute Gasteiger partial charge is 0.389 e. The number of hydrogen-bond acceptors (Lipinski definition) is 3. The summed E-state index contributed by atoms with van der Waals surface area (Å²) in [5, 5.41) is 1.67. The van der Waals surface area contributed by atoms with Crippen LogP contribution in [0.4, 0.5) is 9.39 Å². The fourth-order valence-corrected chi connectivity index (χ4v) is 2.50. The standard InChI is InChI=1S/C12H13FN2S/c1-2-4-10-15-11(12(14)16-10)8-5-3-6-9(13)7-8/h3,5-7H,2,4,14H2,1H3. The van der Waals surface area contributed by atoms with Crippen LogP contribution in [0.2, 0.25) is 0 Å². The number of aryl methyl sites for hydroxylation is 1. The van der Waals surface area contributed by atoms with E-state index < -0.39 is 0 Å². The van der Waals surface area contributed by atoms with Gasteiger partial charge >= 0.3 is 0 Å². The molecule has 0 fully saturated rings. The highest BCUT2D eigenvalue weighted by molar-refractivity contribution is 7.16. The summed E-state index contributed by atoms with van der Waals surface area (Å²) in [5.74, 6) is -0.262. The number of halogens is 1. The third-order valence-electron chi connectivity index (χ3n) is 2.26. The molecular formula is C12H13FN2S. The SMILES string of the molecule is CCCc1nc(-c2cccc(F)c2)c(N)s1. The molecule has 4 heteroatoms. The highest BCUT2D eigenvalue weighted by Gasteiger charge is 2.10. The van der Waals surface area contributed by atoms with Crippen LogP contribution in [-0.4, -0.2) is 4.98 Å². The van der Waals surface area contributed by atoms with Gasteiger partial charge in [-0.1, -0.05) is 19.1 Å². The maximum atomic E-state index is 13.1. The van der Waals surface area contributed by atoms with Gasteiger partial charge in [0, 0.05) is 5.56 Å². The molecule has 0 unspecified atom stereocenters. The average Bonchev–Trinajstić information content (AvgIpc) is 2.60. The molecule has 0 atom stereocenters. The number of anilines is 1. The zero-order chi connectivity index (χ0) is 11.5. The van der Waals surface area contributed by atoms with E-state index in [4.69, 9.17) is 5.73 Å². The summed E-state index contributed by atoms with van der Waals surface area (Å²) in [5.41, 5.74) is 7.34. The first-order chi connectivity index (χ1) is 7.70. The highest BCUT2D eigenvalue weighted by Crippen LogP contribution is 2.31. The molecule has 0 aliphatic heterocycles. The smallest absolute Gasteiger partial charge is 0.123 e. The maximum Gasteiger partial charge on any atom is 0.123 e. The van der Waals surface area contributed by atoms with Gasteiger partial charge in [-0.05, 0) is 25.0 Å². The van der Waals surface area contributed by atoms with Crippen molar-refractivity contribution in [2.75, 3.05) is 5.73 Å². The van der Waals surface area contributed by atoms with E-state index >= 15 is 0 Å². The molecule has 0 saturated carbocycles. The van der Waals surface area contributed by atoms with Crippen molar-refractivity contribution in [3.05, 3.63) is 35.1 Å². The Morgan fingerprint density at radius 1 is 1.44 bits per heavy atom. The molecule has 2 rings (SSSR count). The minimum atomic E-state index is -0.262. The Hall–Kier alpha value is -1.42. The number of rotatable bonds is 3. The van der Waals surface area contributed by atoms with Crippen LogP contribution in [0, 0.1) is 5.82 Å². The zero-order valence-corrected chi connectivity index (χ0v) is 9.85. The topological polar surface area (TPSA) is 38.9 Å². The number of hydrogen-bond donors (Lipinski definition) is 1. The number of thiazole rings is 1. The lowest BCUT2D eigenvalue weighted by Crippen LogP contribution is -1.87. The van der Waals surface area contributed by atoms with E-state index in [1.54, 1.807) is 6.07 Å². The third-order valence-corrected chi connectivity index (χ3v) is 3.20. The summed E-state index contributed by atoms with van der Waals surface area (Å²) in [7, 11) is 0. The lowest BCUT2D eigenvalue weighted by atomic mass is 10.1. The van der Waals surface area contributed by atoms with Crippen molar-refractivity contribution >= 4 is 16.3 Å². The van der Waals surface area contributed by atoms with Gasteiger partial charge in [0.05, 0.1) is 5.01 Å². The Kier molecular flexibility index (Phi) is 3.19. The normalized spacial score (nSPS) is 10.6. The molecule has 0 amide bonds. The van der Waals surface area contributed by atoms with Crippen LogP contribution in [0.5, 0.6) is 0 Å². The molecule has 0 bridgehead atoms. The van der Waals surface area contributed by atoms with Crippen molar-refractivity contribution in [1.29, 1.82) is 0 Å². The maximum absolute atomic E-state index is 13.1. The van der Waals surface area contributed by atoms with Crippen molar-refractivity contribution in [3.63, 3.8) is 0 Å². The third kappa shape index (κ3) is 2.22. The molecule has 2 aromatic rings. The van der Waals surface area contributed by atoms with Crippen molar-refractivity contribution in [2.45, 2.75) is 19.8 Å². The van der Waals surface area contributed by atoms with Gasteiger partial charge in [0.2, 0.25) is 0 Å². The summed E-state index contributed by atoms with van der Waals surface area (Å²) in [6.07, 6.45) is 1.96. The summed E-state index contributed by atoms with van der Waals surface area (Å²) >= 11 is 1.48. The zero-order valence-electron chi connectivity index (χ0n) is 9.03. The molecule has 1 aromatic carbocycles. The predicted octanol–water partition coefficient (Wildman–Crippen LogP) is 3.48. The minimum absolute atomic E-state index is 0.262. The first-order valence-electron chi connectivity index (χ1n) is 5.22. The lowest BCUT2D eigenvalue weighted by Gasteiger charge is -1.97. The van der Waals surface area contributed by atoms with Crippen LogP contribution >= 0.6 is 11.3 Å². The molecule has 1 heterocycles. The van der Waals surface area contributed by atoms with E-state index in [0.29, 0.717) is 10.7 Å². The molecule has 1 aromatic heterocycles. The van der Waals surface area contributed by atoms with Crippen molar-refractivity contribution in [3.8, 4) is 11.3 Å². The molecule has 2 N–H and O–H groups in total. The van der Waals surface area contributed by atoms with Gasteiger partial charge in [-0.3, -0.25) is 0 Å². The van der Waals surface area contributed by atoms with Crippen molar-refractivity contribution in [2.24, 2.45) is 0 Å². The Labute approximate surface area is 97.9 Å². The fraction of sp³-hybridized carbons (Fsp3) is 0.250. The van der Waals surface area contributed by atoms with E-state index in [1.165, 1.54) is 23.5 Å². The number of nitrogen functional groups attached to an aromatic ring is 1. The Balaban J connectivity index is 2.40. The molecule has 0 aliphatic carbocycles. The van der Waals surface area contributed by atoms with Crippen LogP contribution in [0.15, 0.2) is 24.3 Å². The number of aromatic nitrogens is 1. The van der Waals surface area contributed by atoms with Crippen molar-refractivity contribution < 1.29 is 4.39 Å². The quantitative estimate of drug-likeness (QED) is 0.886. The summed E-state index contributed by atoms with van der Waals surface area (Å²) < 4.78 is 13.1. The summed E-state index contributed by atoms with van der Waals surface area (Å²) in [4.78, 5) is 4.44. The first-order valence-corrected chi connectivity index (χ1v) is 6.03. The first kappa shape index (κ1) is 11.1. The molecular weight excluding hydrogens is 223 g/mol. The van der Waals surface area contributed by atoms with Gasteiger partial charge in [0.25, 0.3) is 0 Å². The van der Waals surface area contributed by atoms with Gasteiger partial charge in [-0.2, -0.15) is 0 Å². The predicted molar refractivity (Wildman–Crippen MR) is 65.9 cm³/mol. The fourth-order valence-electron chi connectivity index (χ4n) is 1.54. The van der Waals surface area contributed by atoms with Crippen LogP contribution in [-0.2, 0) is 6.42 Å². The van der Waals surface area contributed by atoms with E-state index in [1.807, 2.05) is 6.07 Å². The van der Waals surface area contributed by atoms with Crippen molar-refractivity contribution in [1.82, 2.24) is 4.98 Å². The average molecular weight is 236 g/mol. The number of nitrogens with zero attached hydrogens (tertiary/aromatic N) is 1. The number of nitrogens with two attached hydrogens (primary N) is 1. The van der Waals surface area contributed by atoms with Gasteiger partial charge < -0.3 is 5.73 Å². The van der Waals surface area contributed by atoms with Gasteiger partial charge in [-0.25, -0.2) is 9.37 Å². The monoisotopic (exact) mass is 236 g/mol. The second kappa shape index (κ2) is 4.61. The van der Waals surface area contributed by atoms with Gasteiger partial charge in [0.15, 0.2) is 0 Å². The van der Waals surface area contributed by atoms with Gasteiger partial charge in [-0.15, -0.1) is 11.3 Å². The second-order valence-corrected chi connectivity index (χ2v) is 4.70. The Bertz CT molecular complexity index is 494. The molecule has 2 nitrogen and oxygen atoms in total. The minimum Gasteiger partial charge on any atom is -0.389 e. The van der Waals surface area contributed by atoms with E-state index in [-0.39, 0.29) is 5.82 Å². The molecule has 16 heavy (non-hydrogen) atoms. The highest BCUT2D eigenvalue weighted by atomic mass is 32.1. The molecule has 0 spiro atoms. The molecule has 0 aliphatic rings. The van der Waals surface area contributed by atoms with Crippen LogP contribution < -0.4 is 5.73 Å². The van der Waals surface area contributed by atoms with Crippen LogP contribution in [0.25, 0.3) is 11.3 Å². The Morgan fingerprint density at radius 2 is 2.25 bits per heavy atom. The summed E-state index contributed by atoms with van der Waals surface area (Å²) in [6, 6.07) is 6.37. The number of benzene rings is 1. The Morgan fingerprint density at radius 3 is 2.94 bits per heavy atom. The second-order valence-electron chi connectivity index (χ2n) is 3.58. The van der Waals surface area contributed by atoms with Crippen LogP contribution in [0.1, 0.15) is 18.4 Å². The van der Waals surface area contributed by atoms with Crippen LogP contribution in [0.3, 0.4) is 0 Å². The lowest BCUT2D eigenvalue weighted by molar-refractivity contribution is 0.628. The molecule has 0 radical (unpaired) electrons.